The monoisotopic (exact) mass is 265 g/mol. The first-order valence-electron chi connectivity index (χ1n) is 5.90. The van der Waals surface area contributed by atoms with E-state index in [-0.39, 0.29) is 19.1 Å². The standard InChI is InChI=1S/C14H19NO4/c1-4-5-15(6-7-16)14(17)11-8-12(18-2)10-13(9-11)19-3/h4,8-10,16H,1,5-7H2,2-3H3. The van der Waals surface area contributed by atoms with Crippen LogP contribution in [0.4, 0.5) is 0 Å². The van der Waals surface area contributed by atoms with Crippen LogP contribution < -0.4 is 9.47 Å². The minimum atomic E-state index is -0.203. The van der Waals surface area contributed by atoms with Gasteiger partial charge in [0.25, 0.3) is 5.91 Å². The maximum Gasteiger partial charge on any atom is 0.254 e. The number of aliphatic hydroxyl groups excluding tert-OH is 1. The molecule has 1 aromatic carbocycles. The Kier molecular flexibility index (Phi) is 5.89. The molecule has 1 aromatic rings. The van der Waals surface area contributed by atoms with Gasteiger partial charge in [-0.2, -0.15) is 0 Å². The largest absolute Gasteiger partial charge is 0.497 e. The van der Waals surface area contributed by atoms with Crippen molar-refractivity contribution in [3.8, 4) is 11.5 Å². The van der Waals surface area contributed by atoms with Crippen LogP contribution in [-0.4, -0.2) is 49.8 Å². The van der Waals surface area contributed by atoms with Crippen LogP contribution in [0.3, 0.4) is 0 Å². The summed E-state index contributed by atoms with van der Waals surface area (Å²) in [6.07, 6.45) is 1.62. The molecule has 104 valence electrons. The highest BCUT2D eigenvalue weighted by molar-refractivity contribution is 5.95. The molecule has 0 aromatic heterocycles. The van der Waals surface area contributed by atoms with Gasteiger partial charge in [0.1, 0.15) is 11.5 Å². The molecule has 0 spiro atoms. The van der Waals surface area contributed by atoms with Crippen molar-refractivity contribution in [2.75, 3.05) is 33.9 Å². The molecule has 0 saturated heterocycles. The molecule has 0 unspecified atom stereocenters. The highest BCUT2D eigenvalue weighted by Crippen LogP contribution is 2.23. The van der Waals surface area contributed by atoms with E-state index in [0.29, 0.717) is 23.6 Å². The second kappa shape index (κ2) is 7.43. The number of hydrogen-bond acceptors (Lipinski definition) is 4. The summed E-state index contributed by atoms with van der Waals surface area (Å²) in [6, 6.07) is 4.97. The Morgan fingerprint density at radius 1 is 1.32 bits per heavy atom. The van der Waals surface area contributed by atoms with Crippen LogP contribution >= 0.6 is 0 Å². The highest BCUT2D eigenvalue weighted by atomic mass is 16.5. The van der Waals surface area contributed by atoms with Gasteiger partial charge in [0.15, 0.2) is 0 Å². The number of benzene rings is 1. The van der Waals surface area contributed by atoms with Gasteiger partial charge in [-0.25, -0.2) is 0 Å². The molecule has 0 atom stereocenters. The zero-order chi connectivity index (χ0) is 14.3. The smallest absolute Gasteiger partial charge is 0.254 e. The van der Waals surface area contributed by atoms with E-state index in [9.17, 15) is 4.79 Å². The summed E-state index contributed by atoms with van der Waals surface area (Å²) in [5, 5.41) is 8.98. The normalized spacial score (nSPS) is 9.84. The summed E-state index contributed by atoms with van der Waals surface area (Å²) in [4.78, 5) is 13.8. The van der Waals surface area contributed by atoms with Gasteiger partial charge in [0.05, 0.1) is 20.8 Å². The number of nitrogens with zero attached hydrogens (tertiary/aromatic N) is 1. The van der Waals surface area contributed by atoms with Gasteiger partial charge in [0, 0.05) is 24.7 Å². The third-order valence-electron chi connectivity index (χ3n) is 2.61. The van der Waals surface area contributed by atoms with Crippen LogP contribution in [0.15, 0.2) is 30.9 Å². The lowest BCUT2D eigenvalue weighted by Crippen LogP contribution is -2.33. The van der Waals surface area contributed by atoms with Gasteiger partial charge < -0.3 is 19.5 Å². The maximum atomic E-state index is 12.3. The van der Waals surface area contributed by atoms with Crippen molar-refractivity contribution in [3.05, 3.63) is 36.4 Å². The molecule has 5 heteroatoms. The van der Waals surface area contributed by atoms with E-state index < -0.39 is 0 Å². The summed E-state index contributed by atoms with van der Waals surface area (Å²) in [6.45, 7) is 4.13. The van der Waals surface area contributed by atoms with Crippen LogP contribution in [0.5, 0.6) is 11.5 Å². The lowest BCUT2D eigenvalue weighted by Gasteiger charge is -2.20. The lowest BCUT2D eigenvalue weighted by molar-refractivity contribution is 0.0742. The second-order valence-electron chi connectivity index (χ2n) is 3.86. The molecular formula is C14H19NO4. The fourth-order valence-electron chi connectivity index (χ4n) is 1.67. The average Bonchev–Trinajstić information content (AvgIpc) is 2.45. The SMILES string of the molecule is C=CCN(CCO)C(=O)c1cc(OC)cc(OC)c1. The summed E-state index contributed by atoms with van der Waals surface area (Å²) in [5.41, 5.74) is 0.450. The molecule has 1 amide bonds. The van der Waals surface area contributed by atoms with Crippen LogP contribution in [0.1, 0.15) is 10.4 Å². The van der Waals surface area contributed by atoms with Crippen molar-refractivity contribution in [2.45, 2.75) is 0 Å². The number of methoxy groups -OCH3 is 2. The highest BCUT2D eigenvalue weighted by Gasteiger charge is 2.16. The minimum Gasteiger partial charge on any atom is -0.497 e. The van der Waals surface area contributed by atoms with Gasteiger partial charge in [0.2, 0.25) is 0 Å². The van der Waals surface area contributed by atoms with Crippen molar-refractivity contribution in [1.82, 2.24) is 4.90 Å². The summed E-state index contributed by atoms with van der Waals surface area (Å²) < 4.78 is 10.3. The lowest BCUT2D eigenvalue weighted by atomic mass is 10.1. The third kappa shape index (κ3) is 3.99. The summed E-state index contributed by atoms with van der Waals surface area (Å²) in [5.74, 6) is 0.890. The van der Waals surface area contributed by atoms with Crippen LogP contribution in [0.25, 0.3) is 0 Å². The van der Waals surface area contributed by atoms with Crippen LogP contribution in [-0.2, 0) is 0 Å². The molecule has 0 radical (unpaired) electrons. The van der Waals surface area contributed by atoms with Crippen LogP contribution in [0.2, 0.25) is 0 Å². The van der Waals surface area contributed by atoms with E-state index in [2.05, 4.69) is 6.58 Å². The predicted molar refractivity (Wildman–Crippen MR) is 72.7 cm³/mol. The van der Waals surface area contributed by atoms with Crippen molar-refractivity contribution in [2.24, 2.45) is 0 Å². The van der Waals surface area contributed by atoms with Crippen molar-refractivity contribution >= 4 is 5.91 Å². The molecule has 1 N–H and O–H groups in total. The Bertz CT molecular complexity index is 423. The Labute approximate surface area is 113 Å². The second-order valence-corrected chi connectivity index (χ2v) is 3.86. The van der Waals surface area contributed by atoms with Gasteiger partial charge in [-0.3, -0.25) is 4.79 Å². The number of ether oxygens (including phenoxy) is 2. The van der Waals surface area contributed by atoms with Crippen molar-refractivity contribution in [3.63, 3.8) is 0 Å². The first kappa shape index (κ1) is 15.0. The molecule has 0 bridgehead atoms. The zero-order valence-corrected chi connectivity index (χ0v) is 11.3. The van der Waals surface area contributed by atoms with E-state index in [4.69, 9.17) is 14.6 Å². The quantitative estimate of drug-likeness (QED) is 0.755. The number of carbonyl (C=O) groups excluding carboxylic acids is 1. The average molecular weight is 265 g/mol. The first-order chi connectivity index (χ1) is 9.15. The van der Waals surface area contributed by atoms with Gasteiger partial charge >= 0.3 is 0 Å². The molecule has 0 aliphatic carbocycles. The van der Waals surface area contributed by atoms with E-state index in [1.165, 1.54) is 19.1 Å². The molecule has 5 nitrogen and oxygen atoms in total. The number of amides is 1. The molecule has 0 saturated carbocycles. The molecule has 1 rings (SSSR count). The van der Waals surface area contributed by atoms with E-state index in [0.717, 1.165) is 0 Å². The minimum absolute atomic E-state index is 0.0965. The molecule has 0 aliphatic heterocycles. The Morgan fingerprint density at radius 2 is 1.89 bits per heavy atom. The number of rotatable bonds is 7. The van der Waals surface area contributed by atoms with Gasteiger partial charge in [-0.15, -0.1) is 6.58 Å². The Balaban J connectivity index is 3.04. The Morgan fingerprint density at radius 3 is 2.32 bits per heavy atom. The van der Waals surface area contributed by atoms with E-state index >= 15 is 0 Å². The molecule has 0 heterocycles. The predicted octanol–water partition coefficient (Wildman–Crippen LogP) is 1.32. The molecular weight excluding hydrogens is 246 g/mol. The van der Waals surface area contributed by atoms with Gasteiger partial charge in [-0.1, -0.05) is 6.08 Å². The Hall–Kier alpha value is -2.01. The molecule has 0 aliphatic rings. The fraction of sp³-hybridized carbons (Fsp3) is 0.357. The van der Waals surface area contributed by atoms with Crippen molar-refractivity contribution < 1.29 is 19.4 Å². The fourth-order valence-corrected chi connectivity index (χ4v) is 1.67. The van der Waals surface area contributed by atoms with Crippen molar-refractivity contribution in [1.29, 1.82) is 0 Å². The van der Waals surface area contributed by atoms with Gasteiger partial charge in [-0.05, 0) is 12.1 Å². The zero-order valence-electron chi connectivity index (χ0n) is 11.3. The third-order valence-corrected chi connectivity index (χ3v) is 2.61. The van der Waals surface area contributed by atoms with E-state index in [1.807, 2.05) is 0 Å². The number of hydrogen-bond donors (Lipinski definition) is 1. The summed E-state index contributed by atoms with van der Waals surface area (Å²) in [7, 11) is 3.05. The summed E-state index contributed by atoms with van der Waals surface area (Å²) >= 11 is 0. The van der Waals surface area contributed by atoms with Crippen LogP contribution in [0, 0.1) is 0 Å². The molecule has 19 heavy (non-hydrogen) atoms. The number of aliphatic hydroxyl groups is 1. The molecule has 0 fully saturated rings. The van der Waals surface area contributed by atoms with E-state index in [1.54, 1.807) is 24.3 Å². The maximum absolute atomic E-state index is 12.3. The number of carbonyl (C=O) groups is 1. The topological polar surface area (TPSA) is 59.0 Å². The first-order valence-corrected chi connectivity index (χ1v) is 5.90.